The van der Waals surface area contributed by atoms with Crippen LogP contribution in [0.5, 0.6) is 40.2 Å². The molecule has 0 atom stereocenters. The Kier molecular flexibility index (Phi) is 68.5. The number of aromatic hydroxyl groups is 7. The summed E-state index contributed by atoms with van der Waals surface area (Å²) in [5.74, 6) is 7.53. The lowest BCUT2D eigenvalue weighted by atomic mass is 10.1. The fraction of sp³-hybridized carbons (Fsp3) is 0.462. The molecule has 7 saturated carbocycles. The highest BCUT2D eigenvalue weighted by atomic mass is 125. The van der Waals surface area contributed by atoms with Crippen molar-refractivity contribution >= 4 is 357 Å². The van der Waals surface area contributed by atoms with Gasteiger partial charge in [-0.2, -0.15) is 0 Å². The van der Waals surface area contributed by atoms with Crippen molar-refractivity contribution in [3.63, 3.8) is 0 Å². The van der Waals surface area contributed by atoms with E-state index in [1.165, 1.54) is 0 Å². The van der Waals surface area contributed by atoms with E-state index in [1.54, 1.807) is 42.5 Å². The van der Waals surface area contributed by atoms with Crippen LogP contribution in [0.4, 0.5) is 0 Å². The summed E-state index contributed by atoms with van der Waals surface area (Å²) >= 11 is 29.7. The molecule has 7 aliphatic rings. The van der Waals surface area contributed by atoms with Crippen molar-refractivity contribution in [2.75, 3.05) is 34.5 Å². The summed E-state index contributed by atoms with van der Waals surface area (Å²) in [5.41, 5.74) is 7.92. The van der Waals surface area contributed by atoms with Crippen molar-refractivity contribution in [3.8, 4) is 40.2 Å². The number of carbonyl (C=O) groups is 7. The lowest BCUT2D eigenvalue weighted by molar-refractivity contribution is -0.121. The molecule has 14 nitrogen and oxygen atoms in total. The second kappa shape index (κ2) is 69.0. The van der Waals surface area contributed by atoms with Gasteiger partial charge in [-0.1, -0.05) is 201 Å². The third-order valence-corrected chi connectivity index (χ3v) is 25.0. The second-order valence-electron chi connectivity index (χ2n) is 28.2. The highest BCUT2D eigenvalue weighted by Gasteiger charge is 2.33. The van der Waals surface area contributed by atoms with E-state index >= 15 is 0 Å². The normalized spacial score (nSPS) is 13.8. The zero-order valence-corrected chi connectivity index (χ0v) is 98.4. The molecule has 7 aliphatic carbocycles. The summed E-state index contributed by atoms with van der Waals surface area (Å²) in [6.45, 7) is 0. The first-order chi connectivity index (χ1) is 57.2. The van der Waals surface area contributed by atoms with Gasteiger partial charge in [-0.15, -0.1) is 0 Å². The highest BCUT2D eigenvalue weighted by Crippen LogP contribution is 2.38. The summed E-state index contributed by atoms with van der Waals surface area (Å²) < 4.78 is 5.96. The molecule has 658 valence electrons. The van der Waals surface area contributed by atoms with Gasteiger partial charge in [0.25, 0.3) is 0 Å². The number of ketones is 7. The quantitative estimate of drug-likeness (QED) is 0.0178. The number of phenolic OH excluding ortho intramolecular Hbond substituents is 7. The second-order valence-corrected chi connectivity index (χ2v) is 36.3. The van der Waals surface area contributed by atoms with Gasteiger partial charge in [0.2, 0.25) is 0 Å². The molecule has 0 unspecified atom stereocenters. The van der Waals surface area contributed by atoms with E-state index in [-0.39, 0.29) is 0 Å². The van der Waals surface area contributed by atoms with Crippen LogP contribution < -0.4 is 0 Å². The molecule has 0 bridgehead atoms. The summed E-state index contributed by atoms with van der Waals surface area (Å²) in [4.78, 5) is 94.1. The van der Waals surface area contributed by atoms with Gasteiger partial charge < -0.3 is 35.7 Å². The monoisotopic (exact) mass is 3180 g/mol. The van der Waals surface area contributed by atoms with Crippen LogP contribution in [0.15, 0.2) is 127 Å². The van der Waals surface area contributed by atoms with E-state index in [4.69, 9.17) is 0 Å². The van der Waals surface area contributed by atoms with Crippen LogP contribution >= 0.6 is 316 Å². The van der Waals surface area contributed by atoms with Gasteiger partial charge in [0.1, 0.15) is 80.7 Å². The van der Waals surface area contributed by atoms with Crippen molar-refractivity contribution in [1.82, 2.24) is 0 Å². The molecule has 0 amide bonds. The fourth-order valence-corrected chi connectivity index (χ4v) is 15.1. The lowest BCUT2D eigenvalue weighted by Gasteiger charge is -2.02. The standard InChI is InChI=1S/7C12H13IO2.7CH3I/c7*13-10-7-8(2-6-12(10)15)1-5-11(14)9-3-4-9;7*1-2/h7*2,6-7,9,15H,1,3-5H2;7*1H3/i7*13-2;7*2-2. The molecule has 119 heavy (non-hydrogen) atoms. The maximum absolute atomic E-state index is 11.5. The van der Waals surface area contributed by atoms with Crippen LogP contribution in [0, 0.1) is 66.4 Å². The zero-order chi connectivity index (χ0) is 89.9. The Hall–Kier alpha value is 1.05. The SMILES string of the molecule is C[125I].C[125I].C[125I].C[125I].C[125I].C[125I].C[125I].O=C(CCc1ccc(O)c([125I])c1)C1CC1.O=C(CCc1ccc(O)c([125I])c1)C1CC1.O=C(CCc1ccc(O)c([125I])c1)C1CC1.O=C(CCc1ccc(O)c([125I])c1)C1CC1.O=C(CCc1ccc(O)c([125I])c1)C1CC1.O=C(CCc1ccc(O)c([125I])c1)C1CC1.O=C(CCc1ccc(O)c([125I])c1)C1CC1. The van der Waals surface area contributed by atoms with Crippen LogP contribution in [0.1, 0.15) is 174 Å². The Morgan fingerprint density at radius 1 is 0.202 bits per heavy atom. The van der Waals surface area contributed by atoms with Gasteiger partial charge in [-0.3, -0.25) is 33.6 Å². The van der Waals surface area contributed by atoms with Crippen molar-refractivity contribution in [2.24, 2.45) is 41.4 Å². The van der Waals surface area contributed by atoms with E-state index in [9.17, 15) is 69.3 Å². The van der Waals surface area contributed by atoms with Crippen molar-refractivity contribution < 1.29 is 69.3 Å². The summed E-state index contributed by atoms with van der Waals surface area (Å²) in [6, 6.07) is 38.6. The lowest BCUT2D eigenvalue weighted by Crippen LogP contribution is -2.02. The molecule has 7 aromatic rings. The summed E-state index contributed by atoms with van der Waals surface area (Å²) in [7, 11) is 0. The summed E-state index contributed by atoms with van der Waals surface area (Å²) in [6.07, 6.45) is 25.3. The number of aryl methyl sites for hydroxylation is 7. The van der Waals surface area contributed by atoms with Crippen LogP contribution in [0.25, 0.3) is 0 Å². The molecule has 0 saturated heterocycles. The first-order valence-corrected chi connectivity index (χ1v) is 61.5. The number of phenols is 7. The fourth-order valence-electron chi connectivity index (χ4n) is 11.1. The molecular formula is C91H112I14O14. The number of Topliss-reactive ketones (excluding diaryl/α,β-unsaturated/α-hetero) is 7. The average molecular weight is 3180 g/mol. The van der Waals surface area contributed by atoms with Crippen LogP contribution in [0.2, 0.25) is 0 Å². The topological polar surface area (TPSA) is 261 Å². The molecule has 0 heterocycles. The van der Waals surface area contributed by atoms with E-state index in [1.807, 2.05) is 119 Å². The summed E-state index contributed by atoms with van der Waals surface area (Å²) in [5, 5.41) is 65.4. The number of hydrogen-bond donors (Lipinski definition) is 7. The first-order valence-electron chi connectivity index (χ1n) is 38.8. The average Bonchev–Trinajstić information content (AvgIpc) is 1.76. The Bertz CT molecular complexity index is 3450. The minimum Gasteiger partial charge on any atom is -0.507 e. The largest absolute Gasteiger partial charge is 0.507 e. The number of halogens is 14. The highest BCUT2D eigenvalue weighted by molar-refractivity contribution is 14.1. The maximum atomic E-state index is 11.5. The first kappa shape index (κ1) is 118. The Morgan fingerprint density at radius 3 is 0.370 bits per heavy atom. The number of benzene rings is 7. The predicted molar refractivity (Wildman–Crippen MR) is 608 cm³/mol. The Balaban J connectivity index is 0.000000676. The van der Waals surface area contributed by atoms with E-state index in [2.05, 4.69) is 316 Å². The van der Waals surface area contributed by atoms with E-state index < -0.39 is 0 Å². The van der Waals surface area contributed by atoms with Crippen LogP contribution in [-0.2, 0) is 78.5 Å². The van der Waals surface area contributed by atoms with Crippen molar-refractivity contribution in [2.45, 2.75) is 180 Å². The van der Waals surface area contributed by atoms with Gasteiger partial charge in [0.05, 0.1) is 25.0 Å². The third-order valence-electron chi connectivity index (χ3n) is 18.9. The number of alkyl halides is 7. The molecule has 0 spiro atoms. The molecular weight excluding hydrogens is 3070 g/mol. The van der Waals surface area contributed by atoms with E-state index in [0.717, 1.165) is 199 Å². The Morgan fingerprint density at radius 2 is 0.294 bits per heavy atom. The molecule has 7 N–H and O–H groups in total. The predicted octanol–water partition coefficient (Wildman–Crippen LogP) is 27.7. The van der Waals surface area contributed by atoms with Gasteiger partial charge in [-0.05, 0) is 451 Å². The molecule has 7 aromatic carbocycles. The van der Waals surface area contributed by atoms with E-state index in [0.29, 0.717) is 167 Å². The van der Waals surface area contributed by atoms with Crippen molar-refractivity contribution in [3.05, 3.63) is 191 Å². The molecule has 14 rings (SSSR count). The van der Waals surface area contributed by atoms with Crippen LogP contribution in [-0.4, -0.2) is 111 Å². The zero-order valence-electron chi connectivity index (χ0n) is 68.2. The molecule has 0 radical (unpaired) electrons. The van der Waals surface area contributed by atoms with Gasteiger partial charge >= 0.3 is 0 Å². The Labute approximate surface area is 898 Å². The number of rotatable bonds is 28. The number of hydrogen-bond acceptors (Lipinski definition) is 14. The molecule has 0 aromatic heterocycles. The molecule has 7 fully saturated rings. The van der Waals surface area contributed by atoms with Crippen molar-refractivity contribution in [1.29, 1.82) is 0 Å². The minimum atomic E-state index is 0.313. The third kappa shape index (κ3) is 52.6. The van der Waals surface area contributed by atoms with Gasteiger partial charge in [0.15, 0.2) is 0 Å². The maximum Gasteiger partial charge on any atom is 0.136 e. The van der Waals surface area contributed by atoms with Crippen LogP contribution in [0.3, 0.4) is 0 Å². The van der Waals surface area contributed by atoms with Gasteiger partial charge in [0, 0.05) is 86.4 Å². The smallest absolute Gasteiger partial charge is 0.136 e. The van der Waals surface area contributed by atoms with Gasteiger partial charge in [-0.25, -0.2) is 0 Å². The molecule has 0 aliphatic heterocycles. The molecule has 28 heteroatoms. The number of carbonyl (C=O) groups excluding carboxylic acids is 7. The minimum absolute atomic E-state index is 0.313.